The lowest BCUT2D eigenvalue weighted by atomic mass is 10.1. The van der Waals surface area contributed by atoms with Crippen LogP contribution in [0, 0.1) is 13.8 Å². The van der Waals surface area contributed by atoms with Crippen LogP contribution in [-0.4, -0.2) is 25.2 Å². The SMILES string of the molecule is COc1ccc(CC(=O)NNC(=S)Nc2ccc(C)cc2C)cc1OC. The summed E-state index contributed by atoms with van der Waals surface area (Å²) in [7, 11) is 3.12. The molecule has 2 aromatic rings. The van der Waals surface area contributed by atoms with Crippen LogP contribution in [0.2, 0.25) is 0 Å². The Hall–Kier alpha value is -2.80. The van der Waals surface area contributed by atoms with Crippen LogP contribution in [0.1, 0.15) is 16.7 Å². The van der Waals surface area contributed by atoms with Crippen LogP contribution in [-0.2, 0) is 11.2 Å². The number of rotatable bonds is 5. The molecule has 0 aliphatic heterocycles. The van der Waals surface area contributed by atoms with Gasteiger partial charge in [-0.15, -0.1) is 0 Å². The van der Waals surface area contributed by atoms with Gasteiger partial charge in [-0.2, -0.15) is 0 Å². The Morgan fingerprint density at radius 3 is 2.38 bits per heavy atom. The molecule has 0 fully saturated rings. The molecule has 2 rings (SSSR count). The van der Waals surface area contributed by atoms with E-state index >= 15 is 0 Å². The summed E-state index contributed by atoms with van der Waals surface area (Å²) in [4.78, 5) is 12.1. The van der Waals surface area contributed by atoms with Gasteiger partial charge in [-0.05, 0) is 55.4 Å². The average Bonchev–Trinajstić information content (AvgIpc) is 2.62. The summed E-state index contributed by atoms with van der Waals surface area (Å²) in [5.74, 6) is 0.980. The maximum absolute atomic E-state index is 12.1. The average molecular weight is 373 g/mol. The summed E-state index contributed by atoms with van der Waals surface area (Å²) >= 11 is 5.21. The highest BCUT2D eigenvalue weighted by atomic mass is 32.1. The molecule has 26 heavy (non-hydrogen) atoms. The molecule has 1 amide bonds. The Labute approximate surface area is 158 Å². The van der Waals surface area contributed by atoms with Gasteiger partial charge in [0.25, 0.3) is 0 Å². The summed E-state index contributed by atoms with van der Waals surface area (Å²) in [5.41, 5.74) is 9.24. The van der Waals surface area contributed by atoms with Crippen molar-refractivity contribution in [1.29, 1.82) is 0 Å². The molecule has 0 saturated heterocycles. The zero-order valence-electron chi connectivity index (χ0n) is 15.3. The van der Waals surface area contributed by atoms with E-state index in [1.807, 2.05) is 32.0 Å². The number of hydrogen-bond acceptors (Lipinski definition) is 4. The van der Waals surface area contributed by atoms with Crippen molar-refractivity contribution >= 4 is 28.9 Å². The lowest BCUT2D eigenvalue weighted by molar-refractivity contribution is -0.120. The fourth-order valence-corrected chi connectivity index (χ4v) is 2.62. The molecule has 0 spiro atoms. The number of nitrogens with one attached hydrogen (secondary N) is 3. The summed E-state index contributed by atoms with van der Waals surface area (Å²) in [6.07, 6.45) is 0.180. The minimum Gasteiger partial charge on any atom is -0.493 e. The molecule has 0 unspecified atom stereocenters. The van der Waals surface area contributed by atoms with Crippen molar-refractivity contribution in [1.82, 2.24) is 10.9 Å². The Bertz CT molecular complexity index is 809. The molecule has 0 aromatic heterocycles. The van der Waals surface area contributed by atoms with E-state index in [1.54, 1.807) is 26.4 Å². The van der Waals surface area contributed by atoms with E-state index in [-0.39, 0.29) is 12.3 Å². The number of hydrogen-bond donors (Lipinski definition) is 3. The van der Waals surface area contributed by atoms with E-state index in [4.69, 9.17) is 21.7 Å². The molecule has 138 valence electrons. The fraction of sp³-hybridized carbons (Fsp3) is 0.263. The van der Waals surface area contributed by atoms with Crippen molar-refractivity contribution < 1.29 is 14.3 Å². The molecule has 0 aliphatic carbocycles. The van der Waals surface area contributed by atoms with Gasteiger partial charge in [-0.1, -0.05) is 23.8 Å². The number of benzene rings is 2. The van der Waals surface area contributed by atoms with Crippen LogP contribution >= 0.6 is 12.2 Å². The number of carbonyl (C=O) groups excluding carboxylic acids is 1. The van der Waals surface area contributed by atoms with Crippen molar-refractivity contribution in [3.63, 3.8) is 0 Å². The van der Waals surface area contributed by atoms with Gasteiger partial charge < -0.3 is 14.8 Å². The largest absolute Gasteiger partial charge is 0.493 e. The minimum absolute atomic E-state index is 0.180. The number of hydrazine groups is 1. The Morgan fingerprint density at radius 1 is 1.00 bits per heavy atom. The molecule has 0 radical (unpaired) electrons. The molecule has 3 N–H and O–H groups in total. The van der Waals surface area contributed by atoms with E-state index < -0.39 is 0 Å². The Kier molecular flexibility index (Phi) is 6.80. The number of methoxy groups -OCH3 is 2. The Balaban J connectivity index is 1.87. The van der Waals surface area contributed by atoms with Gasteiger partial charge in [0.15, 0.2) is 16.6 Å². The third-order valence-corrected chi connectivity index (χ3v) is 3.96. The number of amides is 1. The zero-order valence-corrected chi connectivity index (χ0v) is 16.1. The van der Waals surface area contributed by atoms with E-state index in [9.17, 15) is 4.79 Å². The molecule has 0 atom stereocenters. The first kappa shape index (κ1) is 19.5. The lowest BCUT2D eigenvalue weighted by Crippen LogP contribution is -2.44. The van der Waals surface area contributed by atoms with Crippen LogP contribution in [0.25, 0.3) is 0 Å². The van der Waals surface area contributed by atoms with Crippen molar-refractivity contribution in [3.05, 3.63) is 53.1 Å². The number of thiocarbonyl (C=S) groups is 1. The highest BCUT2D eigenvalue weighted by Crippen LogP contribution is 2.27. The summed E-state index contributed by atoms with van der Waals surface area (Å²) in [5, 5.41) is 3.38. The first-order valence-electron chi connectivity index (χ1n) is 8.07. The van der Waals surface area contributed by atoms with Crippen molar-refractivity contribution in [2.45, 2.75) is 20.3 Å². The minimum atomic E-state index is -0.220. The first-order valence-corrected chi connectivity index (χ1v) is 8.47. The molecule has 0 saturated carbocycles. The molecule has 0 heterocycles. The first-order chi connectivity index (χ1) is 12.4. The van der Waals surface area contributed by atoms with Crippen LogP contribution < -0.4 is 25.6 Å². The van der Waals surface area contributed by atoms with E-state index in [0.717, 1.165) is 16.8 Å². The zero-order chi connectivity index (χ0) is 19.1. The van der Waals surface area contributed by atoms with Gasteiger partial charge in [0.1, 0.15) is 0 Å². The molecule has 0 aliphatic rings. The predicted molar refractivity (Wildman–Crippen MR) is 107 cm³/mol. The fourth-order valence-electron chi connectivity index (χ4n) is 2.45. The van der Waals surface area contributed by atoms with Crippen LogP contribution in [0.3, 0.4) is 0 Å². The third-order valence-electron chi connectivity index (χ3n) is 3.76. The number of anilines is 1. The second-order valence-electron chi connectivity index (χ2n) is 5.81. The van der Waals surface area contributed by atoms with Gasteiger partial charge in [-0.3, -0.25) is 15.6 Å². The number of aryl methyl sites for hydroxylation is 2. The van der Waals surface area contributed by atoms with E-state index in [1.165, 1.54) is 5.56 Å². The molecular formula is C19H23N3O3S. The number of ether oxygens (including phenoxy) is 2. The summed E-state index contributed by atoms with van der Waals surface area (Å²) < 4.78 is 10.4. The maximum atomic E-state index is 12.1. The Morgan fingerprint density at radius 2 is 1.73 bits per heavy atom. The lowest BCUT2D eigenvalue weighted by Gasteiger charge is -2.14. The third kappa shape index (κ3) is 5.35. The van der Waals surface area contributed by atoms with Crippen molar-refractivity contribution in [2.75, 3.05) is 19.5 Å². The van der Waals surface area contributed by atoms with Crippen molar-refractivity contribution in [3.8, 4) is 11.5 Å². The highest BCUT2D eigenvalue weighted by molar-refractivity contribution is 7.80. The molecule has 2 aromatic carbocycles. The molecule has 0 bridgehead atoms. The molecule has 6 nitrogen and oxygen atoms in total. The van der Waals surface area contributed by atoms with Crippen LogP contribution in [0.15, 0.2) is 36.4 Å². The number of carbonyl (C=O) groups is 1. The van der Waals surface area contributed by atoms with Gasteiger partial charge in [0.05, 0.1) is 20.6 Å². The van der Waals surface area contributed by atoms with Crippen LogP contribution in [0.5, 0.6) is 11.5 Å². The monoisotopic (exact) mass is 373 g/mol. The van der Waals surface area contributed by atoms with Gasteiger partial charge >= 0.3 is 0 Å². The van der Waals surface area contributed by atoms with E-state index in [2.05, 4.69) is 22.2 Å². The van der Waals surface area contributed by atoms with Crippen molar-refractivity contribution in [2.24, 2.45) is 0 Å². The second kappa shape index (κ2) is 9.05. The molecule has 7 heteroatoms. The van der Waals surface area contributed by atoms with Gasteiger partial charge in [0.2, 0.25) is 5.91 Å². The smallest absolute Gasteiger partial charge is 0.242 e. The quantitative estimate of drug-likeness (QED) is 0.553. The normalized spacial score (nSPS) is 10.0. The van der Waals surface area contributed by atoms with Gasteiger partial charge in [-0.25, -0.2) is 0 Å². The van der Waals surface area contributed by atoms with E-state index in [0.29, 0.717) is 16.6 Å². The highest BCUT2D eigenvalue weighted by Gasteiger charge is 2.09. The summed E-state index contributed by atoms with van der Waals surface area (Å²) in [6.45, 7) is 4.02. The topological polar surface area (TPSA) is 71.6 Å². The second-order valence-corrected chi connectivity index (χ2v) is 6.22. The summed E-state index contributed by atoms with van der Waals surface area (Å²) in [6, 6.07) is 11.3. The predicted octanol–water partition coefficient (Wildman–Crippen LogP) is 2.88. The standard InChI is InChI=1S/C19H23N3O3S/c1-12-5-7-15(13(2)9-12)20-19(26)22-21-18(23)11-14-6-8-16(24-3)17(10-14)25-4/h5-10H,11H2,1-4H3,(H,21,23)(H2,20,22,26). The van der Waals surface area contributed by atoms with Gasteiger partial charge in [0, 0.05) is 5.69 Å². The maximum Gasteiger partial charge on any atom is 0.242 e. The van der Waals surface area contributed by atoms with Crippen LogP contribution in [0.4, 0.5) is 5.69 Å². The molecular weight excluding hydrogens is 350 g/mol.